The van der Waals surface area contributed by atoms with Crippen LogP contribution in [0.5, 0.6) is 0 Å². The van der Waals surface area contributed by atoms with Crippen molar-refractivity contribution in [2.24, 2.45) is 0 Å². The smallest absolute Gasteiger partial charge is 0.160 e. The molecule has 0 aliphatic heterocycles. The minimum absolute atomic E-state index is 0.734. The molecule has 0 N–H and O–H groups in total. The highest BCUT2D eigenvalue weighted by molar-refractivity contribution is 6.39. The molecule has 0 radical (unpaired) electrons. The van der Waals surface area contributed by atoms with Gasteiger partial charge in [-0.3, -0.25) is 0 Å². The van der Waals surface area contributed by atoms with Gasteiger partial charge < -0.3 is 4.57 Å². The second-order valence-corrected chi connectivity index (χ2v) is 11.8. The maximum Gasteiger partial charge on any atom is 0.160 e. The number of nitrogens with zero attached hydrogens (tertiary/aromatic N) is 3. The van der Waals surface area contributed by atoms with Gasteiger partial charge in [-0.15, -0.1) is 0 Å². The van der Waals surface area contributed by atoms with Crippen LogP contribution in [-0.2, 0) is 0 Å². The van der Waals surface area contributed by atoms with Crippen LogP contribution < -0.4 is 0 Å². The zero-order valence-corrected chi connectivity index (χ0v) is 24.3. The highest BCUT2D eigenvalue weighted by Gasteiger charge is 2.22. The molecule has 0 amide bonds. The Morgan fingerprint density at radius 2 is 1.13 bits per heavy atom. The molecule has 3 nitrogen and oxygen atoms in total. The van der Waals surface area contributed by atoms with Crippen molar-refractivity contribution >= 4 is 65.0 Å². The van der Waals surface area contributed by atoms with E-state index in [9.17, 15) is 0 Å². The lowest BCUT2D eigenvalue weighted by Gasteiger charge is -2.14. The quantitative estimate of drug-likeness (QED) is 0.198. The van der Waals surface area contributed by atoms with Gasteiger partial charge in [-0.1, -0.05) is 115 Å². The Labute approximate surface area is 259 Å². The third-order valence-corrected chi connectivity index (χ3v) is 9.30. The normalized spacial score (nSPS) is 12.0. The number of fused-ring (bicyclic) bond motifs is 6. The average Bonchev–Trinajstić information content (AvgIpc) is 3.44. The molecule has 10 aromatic rings. The molecule has 2 heterocycles. The van der Waals surface area contributed by atoms with E-state index < -0.39 is 0 Å². The van der Waals surface area contributed by atoms with Crippen LogP contribution in [0, 0.1) is 0 Å². The topological polar surface area (TPSA) is 30.7 Å². The van der Waals surface area contributed by atoms with Crippen molar-refractivity contribution in [2.45, 2.75) is 0 Å². The first-order valence-corrected chi connectivity index (χ1v) is 15.4. The fraction of sp³-hybridized carbons (Fsp3) is 0. The highest BCUT2D eigenvalue weighted by Crippen LogP contribution is 2.47. The molecular weight excluding hydrogens is 546 g/mol. The Morgan fingerprint density at radius 3 is 2.00 bits per heavy atom. The SMILES string of the molecule is c1ccc(-c2nc(-c3ccc4c(c3)c3c5ccccc5cc5c3c3c4cccc3n5-c3ccccc3)nc3ccccc23)cc1. The lowest BCUT2D eigenvalue weighted by Crippen LogP contribution is -1.95. The van der Waals surface area contributed by atoms with Crippen molar-refractivity contribution in [1.29, 1.82) is 0 Å². The summed E-state index contributed by atoms with van der Waals surface area (Å²) in [7, 11) is 0. The third-order valence-electron chi connectivity index (χ3n) is 9.30. The fourth-order valence-corrected chi connectivity index (χ4v) is 7.39. The highest BCUT2D eigenvalue weighted by atomic mass is 15.0. The van der Waals surface area contributed by atoms with Crippen LogP contribution in [0.1, 0.15) is 0 Å². The van der Waals surface area contributed by atoms with E-state index in [0.717, 1.165) is 33.5 Å². The van der Waals surface area contributed by atoms with E-state index in [1.807, 2.05) is 12.1 Å². The van der Waals surface area contributed by atoms with Crippen LogP contribution in [0.15, 0.2) is 152 Å². The molecule has 8 aromatic carbocycles. The van der Waals surface area contributed by atoms with Gasteiger partial charge in [0.05, 0.1) is 22.2 Å². The number of para-hydroxylation sites is 2. The summed E-state index contributed by atoms with van der Waals surface area (Å²) in [5, 5.41) is 11.2. The van der Waals surface area contributed by atoms with Gasteiger partial charge in [-0.25, -0.2) is 9.97 Å². The first-order valence-electron chi connectivity index (χ1n) is 15.4. The predicted molar refractivity (Wildman–Crippen MR) is 188 cm³/mol. The predicted octanol–water partition coefficient (Wildman–Crippen LogP) is 11.0. The van der Waals surface area contributed by atoms with Crippen LogP contribution >= 0.6 is 0 Å². The summed E-state index contributed by atoms with van der Waals surface area (Å²) in [6.07, 6.45) is 0. The van der Waals surface area contributed by atoms with E-state index in [4.69, 9.17) is 9.97 Å². The fourth-order valence-electron chi connectivity index (χ4n) is 7.39. The maximum atomic E-state index is 5.21. The van der Waals surface area contributed by atoms with Gasteiger partial charge in [0, 0.05) is 38.4 Å². The average molecular weight is 572 g/mol. The molecule has 45 heavy (non-hydrogen) atoms. The van der Waals surface area contributed by atoms with Gasteiger partial charge >= 0.3 is 0 Å². The molecule has 0 fully saturated rings. The van der Waals surface area contributed by atoms with Gasteiger partial charge in [-0.05, 0) is 63.3 Å². The molecule has 0 spiro atoms. The van der Waals surface area contributed by atoms with E-state index in [-0.39, 0.29) is 0 Å². The van der Waals surface area contributed by atoms with Crippen molar-refractivity contribution in [3.8, 4) is 28.3 Å². The number of hydrogen-bond acceptors (Lipinski definition) is 2. The Balaban J connectivity index is 1.35. The standard InChI is InChI=1S/C42H25N3/c1-3-12-26(13-4-1)41-33-18-9-10-20-35(33)43-42(44-41)28-22-23-31-32-19-11-21-36-39(32)40-37(45(36)29-15-5-2-6-16-29)25-27-14-7-8-17-30(27)38(40)34(31)24-28/h1-25H. The van der Waals surface area contributed by atoms with Crippen LogP contribution in [0.4, 0.5) is 0 Å². The van der Waals surface area contributed by atoms with E-state index in [0.29, 0.717) is 0 Å². The number of hydrogen-bond donors (Lipinski definition) is 0. The second kappa shape index (κ2) is 9.22. The molecule has 208 valence electrons. The molecule has 0 aliphatic rings. The molecule has 0 atom stereocenters. The number of rotatable bonds is 3. The van der Waals surface area contributed by atoms with E-state index in [1.54, 1.807) is 0 Å². The molecule has 2 aromatic heterocycles. The minimum atomic E-state index is 0.734. The van der Waals surface area contributed by atoms with Crippen LogP contribution in [-0.4, -0.2) is 14.5 Å². The molecule has 0 saturated carbocycles. The van der Waals surface area contributed by atoms with Gasteiger partial charge in [0.2, 0.25) is 0 Å². The van der Waals surface area contributed by atoms with Gasteiger partial charge in [0.1, 0.15) is 0 Å². The number of benzene rings is 8. The summed E-state index contributed by atoms with van der Waals surface area (Å²) >= 11 is 0. The second-order valence-electron chi connectivity index (χ2n) is 11.8. The van der Waals surface area contributed by atoms with Gasteiger partial charge in [-0.2, -0.15) is 0 Å². The Bertz CT molecular complexity index is 2740. The first kappa shape index (κ1) is 24.4. The summed E-state index contributed by atoms with van der Waals surface area (Å²) in [5.74, 6) is 0.734. The van der Waals surface area contributed by atoms with Crippen molar-refractivity contribution in [3.63, 3.8) is 0 Å². The Morgan fingerprint density at radius 1 is 0.400 bits per heavy atom. The largest absolute Gasteiger partial charge is 0.309 e. The zero-order chi connectivity index (χ0) is 29.5. The van der Waals surface area contributed by atoms with E-state index >= 15 is 0 Å². The maximum absolute atomic E-state index is 5.21. The van der Waals surface area contributed by atoms with Crippen LogP contribution in [0.3, 0.4) is 0 Å². The Hall–Kier alpha value is -6.06. The van der Waals surface area contributed by atoms with Crippen molar-refractivity contribution in [3.05, 3.63) is 152 Å². The molecule has 3 heteroatoms. The lowest BCUT2D eigenvalue weighted by molar-refractivity contribution is 1.18. The lowest BCUT2D eigenvalue weighted by atomic mass is 9.90. The molecule has 0 saturated heterocycles. The molecule has 0 unspecified atom stereocenters. The summed E-state index contributed by atoms with van der Waals surface area (Å²) in [6.45, 7) is 0. The zero-order valence-electron chi connectivity index (χ0n) is 24.3. The summed E-state index contributed by atoms with van der Waals surface area (Å²) in [4.78, 5) is 10.3. The summed E-state index contributed by atoms with van der Waals surface area (Å²) in [6, 6.07) is 54.1. The van der Waals surface area contributed by atoms with Gasteiger partial charge in [0.25, 0.3) is 0 Å². The van der Waals surface area contributed by atoms with Crippen LogP contribution in [0.2, 0.25) is 0 Å². The summed E-state index contributed by atoms with van der Waals surface area (Å²) < 4.78 is 2.43. The Kier molecular flexibility index (Phi) is 5.00. The monoisotopic (exact) mass is 571 g/mol. The van der Waals surface area contributed by atoms with Gasteiger partial charge in [0.15, 0.2) is 5.82 Å². The van der Waals surface area contributed by atoms with Crippen molar-refractivity contribution in [1.82, 2.24) is 14.5 Å². The molecule has 0 aliphatic carbocycles. The molecular formula is C42H25N3. The van der Waals surface area contributed by atoms with Crippen LogP contribution in [0.25, 0.3) is 93.4 Å². The first-order chi connectivity index (χ1) is 22.3. The van der Waals surface area contributed by atoms with E-state index in [2.05, 4.69) is 144 Å². The minimum Gasteiger partial charge on any atom is -0.309 e. The summed E-state index contributed by atoms with van der Waals surface area (Å²) in [5.41, 5.74) is 7.61. The molecule has 10 rings (SSSR count). The third kappa shape index (κ3) is 3.46. The molecule has 0 bridgehead atoms. The van der Waals surface area contributed by atoms with E-state index in [1.165, 1.54) is 59.8 Å². The van der Waals surface area contributed by atoms with Crippen molar-refractivity contribution in [2.75, 3.05) is 0 Å². The van der Waals surface area contributed by atoms with Crippen molar-refractivity contribution < 1.29 is 0 Å². The number of aromatic nitrogens is 3.